The summed E-state index contributed by atoms with van der Waals surface area (Å²) in [7, 11) is 0. The number of imide groups is 1. The summed E-state index contributed by atoms with van der Waals surface area (Å²) >= 11 is 5.81. The van der Waals surface area contributed by atoms with Crippen LogP contribution in [0.25, 0.3) is 0 Å². The normalized spacial score (nSPS) is 21.4. The molecule has 1 saturated carbocycles. The summed E-state index contributed by atoms with van der Waals surface area (Å²) in [5, 5.41) is 2.43. The number of esters is 1. The van der Waals surface area contributed by atoms with Gasteiger partial charge in [-0.3, -0.25) is 24.1 Å². The highest BCUT2D eigenvalue weighted by Crippen LogP contribution is 2.37. The van der Waals surface area contributed by atoms with Crippen molar-refractivity contribution in [1.29, 1.82) is 0 Å². The molecule has 1 heterocycles. The third-order valence-corrected chi connectivity index (χ3v) is 5.35. The van der Waals surface area contributed by atoms with Crippen LogP contribution in [-0.4, -0.2) is 41.7 Å². The van der Waals surface area contributed by atoms with E-state index in [9.17, 15) is 23.6 Å². The Balaban J connectivity index is 1.44. The average Bonchev–Trinajstić information content (AvgIpc) is 2.91. The Morgan fingerprint density at radius 2 is 1.82 bits per heavy atom. The number of hydrogen-bond acceptors (Lipinski definition) is 5. The second kappa shape index (κ2) is 8.68. The Morgan fingerprint density at radius 3 is 2.43 bits per heavy atom. The van der Waals surface area contributed by atoms with Crippen molar-refractivity contribution < 1.29 is 28.3 Å². The molecule has 2 fully saturated rings. The summed E-state index contributed by atoms with van der Waals surface area (Å²) in [6, 6.07) is 3.47. The van der Waals surface area contributed by atoms with Crippen molar-refractivity contribution in [2.24, 2.45) is 11.8 Å². The minimum atomic E-state index is -0.698. The molecule has 1 aromatic rings. The Morgan fingerprint density at radius 1 is 1.18 bits per heavy atom. The summed E-state index contributed by atoms with van der Waals surface area (Å²) in [6.45, 7) is -0.603. The predicted octanol–water partition coefficient (Wildman–Crippen LogP) is 2.53. The lowest BCUT2D eigenvalue weighted by molar-refractivity contribution is -0.148. The number of benzene rings is 1. The average molecular weight is 411 g/mol. The van der Waals surface area contributed by atoms with Crippen LogP contribution in [0.2, 0.25) is 5.02 Å². The summed E-state index contributed by atoms with van der Waals surface area (Å²) < 4.78 is 17.9. The van der Waals surface area contributed by atoms with Gasteiger partial charge in [0.05, 0.1) is 29.0 Å². The smallest absolute Gasteiger partial charge is 0.308 e. The fraction of sp³-hybridized carbons (Fsp3) is 0.474. The number of nitrogens with zero attached hydrogens (tertiary/aromatic N) is 1. The number of ether oxygens (including phenoxy) is 1. The molecule has 150 valence electrons. The molecule has 0 spiro atoms. The van der Waals surface area contributed by atoms with Crippen molar-refractivity contribution >= 4 is 41.0 Å². The topological polar surface area (TPSA) is 92.8 Å². The van der Waals surface area contributed by atoms with E-state index in [2.05, 4.69) is 5.32 Å². The number of rotatable bonds is 6. The molecule has 2 atom stereocenters. The van der Waals surface area contributed by atoms with Crippen LogP contribution in [0.15, 0.2) is 18.2 Å². The van der Waals surface area contributed by atoms with Gasteiger partial charge in [0.2, 0.25) is 11.8 Å². The van der Waals surface area contributed by atoms with Crippen LogP contribution in [0, 0.1) is 17.7 Å². The molecule has 3 rings (SSSR count). The van der Waals surface area contributed by atoms with Gasteiger partial charge in [-0.15, -0.1) is 0 Å². The highest BCUT2D eigenvalue weighted by Gasteiger charge is 2.47. The maximum Gasteiger partial charge on any atom is 0.308 e. The molecule has 1 aromatic carbocycles. The minimum Gasteiger partial charge on any atom is -0.456 e. The number of anilines is 1. The Bertz CT molecular complexity index is 792. The third kappa shape index (κ3) is 4.49. The number of nitrogens with one attached hydrogen (secondary N) is 1. The van der Waals surface area contributed by atoms with E-state index in [-0.39, 0.29) is 47.3 Å². The zero-order chi connectivity index (χ0) is 20.3. The van der Waals surface area contributed by atoms with Gasteiger partial charge in [0.25, 0.3) is 5.91 Å². The highest BCUT2D eigenvalue weighted by atomic mass is 35.5. The minimum absolute atomic E-state index is 0.0206. The molecule has 1 aliphatic carbocycles. The fourth-order valence-electron chi connectivity index (χ4n) is 3.65. The first-order valence-electron chi connectivity index (χ1n) is 9.12. The quantitative estimate of drug-likeness (QED) is 0.574. The third-order valence-electron chi connectivity index (χ3n) is 5.04. The lowest BCUT2D eigenvalue weighted by Gasteiger charge is -2.19. The van der Waals surface area contributed by atoms with Gasteiger partial charge in [0, 0.05) is 6.54 Å². The van der Waals surface area contributed by atoms with E-state index < -0.39 is 24.3 Å². The van der Waals surface area contributed by atoms with Crippen LogP contribution in [0.3, 0.4) is 0 Å². The molecule has 1 aliphatic heterocycles. The number of amides is 3. The first-order chi connectivity index (χ1) is 13.4. The van der Waals surface area contributed by atoms with Gasteiger partial charge >= 0.3 is 5.97 Å². The summed E-state index contributed by atoms with van der Waals surface area (Å²) in [6.07, 6.45) is 3.11. The SMILES string of the molecule is O=C(COC(=O)CCN1C(=O)[C@@H]2CCCC[C@H]2C1=O)Nc1ccc(F)cc1Cl. The zero-order valence-electron chi connectivity index (χ0n) is 15.1. The maximum absolute atomic E-state index is 13.0. The zero-order valence-corrected chi connectivity index (χ0v) is 15.8. The molecule has 7 nitrogen and oxygen atoms in total. The standard InChI is InChI=1S/C19H20ClFN2O5/c20-14-9-11(21)5-6-15(14)22-16(24)10-28-17(25)7-8-23-18(26)12-3-1-2-4-13(12)19(23)27/h5-6,9,12-13H,1-4,7-8,10H2,(H,22,24)/t12-,13-/m1/s1. The van der Waals surface area contributed by atoms with E-state index >= 15 is 0 Å². The van der Waals surface area contributed by atoms with Gasteiger partial charge in [0.15, 0.2) is 6.61 Å². The van der Waals surface area contributed by atoms with Crippen LogP contribution in [0.4, 0.5) is 10.1 Å². The number of carbonyl (C=O) groups excluding carboxylic acids is 4. The second-order valence-electron chi connectivity index (χ2n) is 6.91. The van der Waals surface area contributed by atoms with Crippen molar-refractivity contribution in [1.82, 2.24) is 4.90 Å². The van der Waals surface area contributed by atoms with E-state index in [0.717, 1.165) is 29.9 Å². The Hall–Kier alpha value is -2.48. The van der Waals surface area contributed by atoms with Gasteiger partial charge in [-0.25, -0.2) is 4.39 Å². The van der Waals surface area contributed by atoms with Crippen molar-refractivity contribution in [3.8, 4) is 0 Å². The van der Waals surface area contributed by atoms with Crippen LogP contribution in [-0.2, 0) is 23.9 Å². The molecule has 1 N–H and O–H groups in total. The van der Waals surface area contributed by atoms with Crippen molar-refractivity contribution in [3.63, 3.8) is 0 Å². The molecule has 2 aliphatic rings. The number of likely N-dealkylation sites (tertiary alicyclic amines) is 1. The molecule has 9 heteroatoms. The van der Waals surface area contributed by atoms with Gasteiger partial charge in [-0.1, -0.05) is 24.4 Å². The number of fused-ring (bicyclic) bond motifs is 1. The molecule has 1 saturated heterocycles. The lowest BCUT2D eigenvalue weighted by Crippen LogP contribution is -2.33. The largest absolute Gasteiger partial charge is 0.456 e. The Labute approximate surface area is 166 Å². The molecule has 0 unspecified atom stereocenters. The van der Waals surface area contributed by atoms with Crippen molar-refractivity contribution in [2.75, 3.05) is 18.5 Å². The van der Waals surface area contributed by atoms with Crippen molar-refractivity contribution in [2.45, 2.75) is 32.1 Å². The van der Waals surface area contributed by atoms with Gasteiger partial charge in [-0.05, 0) is 31.0 Å². The Kier molecular flexibility index (Phi) is 6.28. The van der Waals surface area contributed by atoms with Crippen molar-refractivity contribution in [3.05, 3.63) is 29.0 Å². The molecule has 0 aromatic heterocycles. The van der Waals surface area contributed by atoms with Crippen LogP contribution in [0.1, 0.15) is 32.1 Å². The molecule has 0 radical (unpaired) electrons. The summed E-state index contributed by atoms with van der Waals surface area (Å²) in [5.74, 6) is -2.83. The predicted molar refractivity (Wildman–Crippen MR) is 97.8 cm³/mol. The van der Waals surface area contributed by atoms with Crippen LogP contribution in [0.5, 0.6) is 0 Å². The molecular weight excluding hydrogens is 391 g/mol. The van der Waals surface area contributed by atoms with Gasteiger partial charge in [0.1, 0.15) is 5.82 Å². The highest BCUT2D eigenvalue weighted by molar-refractivity contribution is 6.33. The fourth-order valence-corrected chi connectivity index (χ4v) is 3.86. The van der Waals surface area contributed by atoms with Gasteiger partial charge in [-0.2, -0.15) is 0 Å². The van der Waals surface area contributed by atoms with E-state index in [1.165, 1.54) is 6.07 Å². The van der Waals surface area contributed by atoms with E-state index in [1.54, 1.807) is 0 Å². The van der Waals surface area contributed by atoms with E-state index in [0.29, 0.717) is 12.8 Å². The number of hydrogen-bond donors (Lipinski definition) is 1. The van der Waals surface area contributed by atoms with E-state index in [4.69, 9.17) is 16.3 Å². The van der Waals surface area contributed by atoms with Crippen LogP contribution < -0.4 is 5.32 Å². The molecule has 28 heavy (non-hydrogen) atoms. The monoisotopic (exact) mass is 410 g/mol. The lowest BCUT2D eigenvalue weighted by atomic mass is 9.81. The molecule has 0 bridgehead atoms. The maximum atomic E-state index is 13.0. The molecule has 3 amide bonds. The first kappa shape index (κ1) is 20.3. The number of carbonyl (C=O) groups is 4. The van der Waals surface area contributed by atoms with Crippen LogP contribution >= 0.6 is 11.6 Å². The molecular formula is C19H20ClFN2O5. The van der Waals surface area contributed by atoms with E-state index in [1.807, 2.05) is 0 Å². The summed E-state index contributed by atoms with van der Waals surface area (Å²) in [5.41, 5.74) is 0.194. The number of halogens is 2. The first-order valence-corrected chi connectivity index (χ1v) is 9.50. The summed E-state index contributed by atoms with van der Waals surface area (Å²) in [4.78, 5) is 49.5. The second-order valence-corrected chi connectivity index (χ2v) is 7.32. The van der Waals surface area contributed by atoms with Gasteiger partial charge < -0.3 is 10.1 Å².